The van der Waals surface area contributed by atoms with Crippen molar-refractivity contribution in [1.82, 2.24) is 0 Å². The monoisotopic (exact) mass is 418 g/mol. The third-order valence-electron chi connectivity index (χ3n) is 5.37. The van der Waals surface area contributed by atoms with Gasteiger partial charge in [0.25, 0.3) is 0 Å². The quantitative estimate of drug-likeness (QED) is 0.287. The molecule has 0 heterocycles. The van der Waals surface area contributed by atoms with Crippen LogP contribution in [0.2, 0.25) is 0 Å². The van der Waals surface area contributed by atoms with Crippen LogP contribution in [0.3, 0.4) is 0 Å². The Morgan fingerprint density at radius 1 is 0.516 bits per heavy atom. The van der Waals surface area contributed by atoms with Gasteiger partial charge in [0, 0.05) is 0 Å². The molecule has 3 aromatic rings. The highest BCUT2D eigenvalue weighted by atomic mass is 16.5. The first-order valence-corrected chi connectivity index (χ1v) is 11.5. The number of hydrogen-bond acceptors (Lipinski definition) is 3. The van der Waals surface area contributed by atoms with Gasteiger partial charge in [0.2, 0.25) is 5.75 Å². The van der Waals surface area contributed by atoms with Gasteiger partial charge in [0.15, 0.2) is 11.5 Å². The van der Waals surface area contributed by atoms with Crippen molar-refractivity contribution in [2.45, 2.75) is 51.4 Å². The summed E-state index contributed by atoms with van der Waals surface area (Å²) in [6.07, 6.45) is 8.65. The van der Waals surface area contributed by atoms with Crippen molar-refractivity contribution in [3.8, 4) is 17.2 Å². The molecule has 31 heavy (non-hydrogen) atoms. The van der Waals surface area contributed by atoms with Crippen LogP contribution in [0.15, 0.2) is 78.9 Å². The van der Waals surface area contributed by atoms with Gasteiger partial charge in [0.1, 0.15) is 0 Å². The topological polar surface area (TPSA) is 38.7 Å². The molecule has 0 aliphatic heterocycles. The van der Waals surface area contributed by atoms with E-state index in [1.807, 2.05) is 12.1 Å². The fourth-order valence-corrected chi connectivity index (χ4v) is 3.62. The first kappa shape index (κ1) is 22.7. The molecule has 3 heteroatoms. The van der Waals surface area contributed by atoms with Gasteiger partial charge in [-0.1, -0.05) is 66.7 Å². The lowest BCUT2D eigenvalue weighted by Crippen LogP contribution is -2.03. The fraction of sp³-hybridized carbons (Fsp3) is 0.357. The molecule has 0 radical (unpaired) electrons. The van der Waals surface area contributed by atoms with Crippen molar-refractivity contribution in [1.29, 1.82) is 0 Å². The predicted octanol–water partition coefficient (Wildman–Crippen LogP) is 6.98. The Morgan fingerprint density at radius 3 is 1.65 bits per heavy atom. The van der Waals surface area contributed by atoms with Crippen LogP contribution in [0, 0.1) is 0 Å². The van der Waals surface area contributed by atoms with Crippen LogP contribution in [0.1, 0.15) is 49.7 Å². The number of phenolic OH excluding ortho intramolecular Hbond substituents is 1. The fourth-order valence-electron chi connectivity index (χ4n) is 3.62. The lowest BCUT2D eigenvalue weighted by molar-refractivity contribution is 0.249. The Bertz CT molecular complexity index is 862. The predicted molar refractivity (Wildman–Crippen MR) is 127 cm³/mol. The molecule has 0 unspecified atom stereocenters. The molecule has 0 aliphatic rings. The van der Waals surface area contributed by atoms with E-state index in [-0.39, 0.29) is 5.75 Å². The van der Waals surface area contributed by atoms with Crippen LogP contribution >= 0.6 is 0 Å². The number of hydrogen-bond donors (Lipinski definition) is 1. The summed E-state index contributed by atoms with van der Waals surface area (Å²) in [7, 11) is 0. The number of phenols is 1. The van der Waals surface area contributed by atoms with Gasteiger partial charge in [-0.25, -0.2) is 0 Å². The first-order chi connectivity index (χ1) is 15.3. The summed E-state index contributed by atoms with van der Waals surface area (Å²) in [6.45, 7) is 1.21. The number of ether oxygens (including phenoxy) is 2. The smallest absolute Gasteiger partial charge is 0.203 e. The van der Waals surface area contributed by atoms with Crippen molar-refractivity contribution >= 4 is 0 Å². The molecule has 3 aromatic carbocycles. The van der Waals surface area contributed by atoms with Gasteiger partial charge >= 0.3 is 0 Å². The molecule has 3 rings (SSSR count). The molecule has 0 bridgehead atoms. The molecular weight excluding hydrogens is 384 g/mol. The largest absolute Gasteiger partial charge is 0.504 e. The average molecular weight is 419 g/mol. The molecule has 164 valence electrons. The minimum atomic E-state index is 0.144. The maximum Gasteiger partial charge on any atom is 0.203 e. The molecular formula is C28H34O3. The third kappa shape index (κ3) is 8.37. The number of aromatic hydroxyl groups is 1. The second kappa shape index (κ2) is 13.4. The zero-order valence-corrected chi connectivity index (χ0v) is 18.3. The van der Waals surface area contributed by atoms with Crippen molar-refractivity contribution in [3.63, 3.8) is 0 Å². The maximum absolute atomic E-state index is 10.2. The summed E-state index contributed by atoms with van der Waals surface area (Å²) in [6, 6.07) is 26.5. The van der Waals surface area contributed by atoms with E-state index < -0.39 is 0 Å². The second-order valence-corrected chi connectivity index (χ2v) is 7.89. The van der Waals surface area contributed by atoms with Crippen LogP contribution in [0.4, 0.5) is 0 Å². The van der Waals surface area contributed by atoms with Crippen LogP contribution < -0.4 is 9.47 Å². The van der Waals surface area contributed by atoms with Crippen LogP contribution in [0.5, 0.6) is 17.2 Å². The molecule has 0 saturated carbocycles. The number of unbranched alkanes of at least 4 members (excludes halogenated alkanes) is 4. The van der Waals surface area contributed by atoms with Crippen LogP contribution in [-0.4, -0.2) is 18.3 Å². The summed E-state index contributed by atoms with van der Waals surface area (Å²) < 4.78 is 11.8. The Hall–Kier alpha value is -2.94. The number of benzene rings is 3. The summed E-state index contributed by atoms with van der Waals surface area (Å²) in [5, 5.41) is 10.2. The van der Waals surface area contributed by atoms with Gasteiger partial charge in [-0.05, 0) is 74.6 Å². The Labute approximate surface area is 186 Å². The molecule has 3 nitrogen and oxygen atoms in total. The van der Waals surface area contributed by atoms with E-state index in [0.717, 1.165) is 51.4 Å². The summed E-state index contributed by atoms with van der Waals surface area (Å²) in [5.74, 6) is 1.24. The van der Waals surface area contributed by atoms with Gasteiger partial charge in [-0.2, -0.15) is 0 Å². The molecule has 0 saturated heterocycles. The Balaban J connectivity index is 1.32. The van der Waals surface area contributed by atoms with Gasteiger partial charge < -0.3 is 14.6 Å². The Kier molecular flexibility index (Phi) is 9.81. The maximum atomic E-state index is 10.2. The zero-order valence-electron chi connectivity index (χ0n) is 18.3. The van der Waals surface area contributed by atoms with E-state index in [1.165, 1.54) is 11.1 Å². The summed E-state index contributed by atoms with van der Waals surface area (Å²) in [5.41, 5.74) is 2.76. The van der Waals surface area contributed by atoms with Crippen LogP contribution in [0.25, 0.3) is 0 Å². The highest BCUT2D eigenvalue weighted by molar-refractivity contribution is 5.50. The van der Waals surface area contributed by atoms with Crippen molar-refractivity contribution in [2.75, 3.05) is 13.2 Å². The SMILES string of the molecule is Oc1cccc(OCCCCCc2ccccc2)c1OCCCCCc1ccccc1. The molecule has 0 amide bonds. The lowest BCUT2D eigenvalue weighted by Gasteiger charge is -2.14. The molecule has 0 spiro atoms. The zero-order chi connectivity index (χ0) is 21.6. The molecule has 0 aromatic heterocycles. The van der Waals surface area contributed by atoms with E-state index in [2.05, 4.69) is 54.6 Å². The highest BCUT2D eigenvalue weighted by Gasteiger charge is 2.10. The summed E-state index contributed by atoms with van der Waals surface area (Å²) in [4.78, 5) is 0. The van der Waals surface area contributed by atoms with E-state index >= 15 is 0 Å². The summed E-state index contributed by atoms with van der Waals surface area (Å²) >= 11 is 0. The molecule has 1 N–H and O–H groups in total. The minimum absolute atomic E-state index is 0.144. The van der Waals surface area contributed by atoms with Crippen LogP contribution in [-0.2, 0) is 12.8 Å². The third-order valence-corrected chi connectivity index (χ3v) is 5.37. The standard InChI is InChI=1S/C28H34O3/c29-26-20-13-21-27(30-22-11-3-9-18-24-14-5-1-6-15-24)28(26)31-23-12-4-10-19-25-16-7-2-8-17-25/h1-2,5-8,13-17,20-21,29H,3-4,9-12,18-19,22-23H2. The second-order valence-electron chi connectivity index (χ2n) is 7.89. The number of aryl methyl sites for hydroxylation is 2. The number of para-hydroxylation sites is 1. The normalized spacial score (nSPS) is 10.7. The van der Waals surface area contributed by atoms with Gasteiger partial charge in [0.05, 0.1) is 13.2 Å². The lowest BCUT2D eigenvalue weighted by atomic mass is 10.1. The molecule has 0 atom stereocenters. The van der Waals surface area contributed by atoms with E-state index in [1.54, 1.807) is 12.1 Å². The Morgan fingerprint density at radius 2 is 1.06 bits per heavy atom. The van der Waals surface area contributed by atoms with E-state index in [9.17, 15) is 5.11 Å². The molecule has 0 aliphatic carbocycles. The van der Waals surface area contributed by atoms with Crippen molar-refractivity contribution < 1.29 is 14.6 Å². The van der Waals surface area contributed by atoms with Gasteiger partial charge in [-0.15, -0.1) is 0 Å². The first-order valence-electron chi connectivity index (χ1n) is 11.5. The number of rotatable bonds is 14. The average Bonchev–Trinajstić information content (AvgIpc) is 2.81. The van der Waals surface area contributed by atoms with Gasteiger partial charge in [-0.3, -0.25) is 0 Å². The van der Waals surface area contributed by atoms with Crippen molar-refractivity contribution in [2.24, 2.45) is 0 Å². The van der Waals surface area contributed by atoms with E-state index in [0.29, 0.717) is 24.7 Å². The molecule has 0 fully saturated rings. The van der Waals surface area contributed by atoms with Crippen molar-refractivity contribution in [3.05, 3.63) is 90.0 Å². The highest BCUT2D eigenvalue weighted by Crippen LogP contribution is 2.36. The van der Waals surface area contributed by atoms with E-state index in [4.69, 9.17) is 9.47 Å². The minimum Gasteiger partial charge on any atom is -0.504 e.